The third-order valence-electron chi connectivity index (χ3n) is 4.46. The van der Waals surface area contributed by atoms with Crippen LogP contribution in [0.1, 0.15) is 34.0 Å². The molecule has 1 amide bonds. The molecule has 26 heavy (non-hydrogen) atoms. The Balaban J connectivity index is 1.64. The molecule has 3 nitrogen and oxygen atoms in total. The predicted octanol–water partition coefficient (Wildman–Crippen LogP) is 4.07. The maximum Gasteiger partial charge on any atom is 0.251 e. The van der Waals surface area contributed by atoms with E-state index in [0.29, 0.717) is 18.5 Å². The average molecular weight is 345 g/mol. The lowest BCUT2D eigenvalue weighted by Gasteiger charge is -2.24. The van der Waals surface area contributed by atoms with Crippen LogP contribution < -0.4 is 5.32 Å². The molecule has 2 N–H and O–H groups in total. The second kappa shape index (κ2) is 7.98. The van der Waals surface area contributed by atoms with Gasteiger partial charge in [-0.2, -0.15) is 0 Å². The molecule has 0 saturated heterocycles. The third-order valence-corrected chi connectivity index (χ3v) is 4.46. The van der Waals surface area contributed by atoms with Crippen LogP contribution in [0.4, 0.5) is 0 Å². The molecule has 0 spiro atoms. The maximum atomic E-state index is 12.3. The lowest BCUT2D eigenvalue weighted by molar-refractivity contribution is 0.0575. The van der Waals surface area contributed by atoms with E-state index in [4.69, 9.17) is 0 Å². The first-order valence-corrected chi connectivity index (χ1v) is 8.73. The Morgan fingerprint density at radius 3 is 1.96 bits per heavy atom. The van der Waals surface area contributed by atoms with Crippen LogP contribution in [0.3, 0.4) is 0 Å². The zero-order valence-corrected chi connectivity index (χ0v) is 14.9. The molecule has 1 unspecified atom stereocenters. The molecule has 3 heteroatoms. The van der Waals surface area contributed by atoms with Crippen molar-refractivity contribution in [2.75, 3.05) is 0 Å². The Morgan fingerprint density at radius 1 is 0.846 bits per heavy atom. The molecule has 3 aromatic rings. The van der Waals surface area contributed by atoms with Gasteiger partial charge < -0.3 is 10.4 Å². The molecule has 0 fully saturated rings. The molecule has 132 valence electrons. The fraction of sp³-hybridized carbons (Fsp3) is 0.174. The van der Waals surface area contributed by atoms with E-state index in [9.17, 15) is 9.90 Å². The monoisotopic (exact) mass is 345 g/mol. The molecule has 0 radical (unpaired) electrons. The van der Waals surface area contributed by atoms with Crippen LogP contribution in [0.25, 0.3) is 0 Å². The molecule has 0 aliphatic heterocycles. The number of carbonyl (C=O) groups is 1. The van der Waals surface area contributed by atoms with Crippen LogP contribution >= 0.6 is 0 Å². The second-order valence-electron chi connectivity index (χ2n) is 6.68. The Kier molecular flexibility index (Phi) is 5.49. The van der Waals surface area contributed by atoms with Gasteiger partial charge in [-0.3, -0.25) is 4.79 Å². The number of aliphatic hydroxyl groups is 1. The van der Waals surface area contributed by atoms with Crippen LogP contribution in [-0.4, -0.2) is 11.0 Å². The third kappa shape index (κ3) is 4.58. The number of hydrogen-bond donors (Lipinski definition) is 2. The van der Waals surface area contributed by atoms with Crippen molar-refractivity contribution in [1.29, 1.82) is 0 Å². The van der Waals surface area contributed by atoms with Crippen molar-refractivity contribution in [3.05, 3.63) is 107 Å². The molecule has 0 heterocycles. The van der Waals surface area contributed by atoms with Crippen molar-refractivity contribution < 1.29 is 9.90 Å². The number of rotatable bonds is 6. The van der Waals surface area contributed by atoms with E-state index in [1.54, 1.807) is 19.1 Å². The zero-order chi connectivity index (χ0) is 18.4. The van der Waals surface area contributed by atoms with Gasteiger partial charge in [-0.1, -0.05) is 72.8 Å². The summed E-state index contributed by atoms with van der Waals surface area (Å²) in [5, 5.41) is 13.7. The largest absolute Gasteiger partial charge is 0.385 e. The van der Waals surface area contributed by atoms with Gasteiger partial charge in [-0.15, -0.1) is 0 Å². The molecule has 0 aromatic heterocycles. The van der Waals surface area contributed by atoms with Crippen molar-refractivity contribution in [2.45, 2.75) is 25.5 Å². The summed E-state index contributed by atoms with van der Waals surface area (Å²) in [6.07, 6.45) is 0.521. The molecule has 0 aliphatic carbocycles. The number of nitrogens with one attached hydrogen (secondary N) is 1. The van der Waals surface area contributed by atoms with Gasteiger partial charge in [0.25, 0.3) is 5.91 Å². The van der Waals surface area contributed by atoms with Crippen LogP contribution in [0.15, 0.2) is 84.9 Å². The van der Waals surface area contributed by atoms with Crippen molar-refractivity contribution in [3.8, 4) is 0 Å². The standard InChI is InChI=1S/C23H23NO2/c1-23(26,16-18-8-4-2-5-9-18)21-14-12-20(13-15-21)22(25)24-17-19-10-6-3-7-11-19/h2-15,26H,16-17H2,1H3,(H,24,25). The van der Waals surface area contributed by atoms with Crippen LogP contribution in [0, 0.1) is 0 Å². The Bertz CT molecular complexity index is 840. The maximum absolute atomic E-state index is 12.3. The zero-order valence-electron chi connectivity index (χ0n) is 14.9. The van der Waals surface area contributed by atoms with Crippen LogP contribution in [-0.2, 0) is 18.6 Å². The Labute approximate surface area is 154 Å². The summed E-state index contributed by atoms with van der Waals surface area (Å²) in [6, 6.07) is 26.8. The first-order valence-electron chi connectivity index (χ1n) is 8.73. The highest BCUT2D eigenvalue weighted by Crippen LogP contribution is 2.25. The molecule has 0 saturated carbocycles. The molecular formula is C23H23NO2. The minimum Gasteiger partial charge on any atom is -0.385 e. The second-order valence-corrected chi connectivity index (χ2v) is 6.68. The summed E-state index contributed by atoms with van der Waals surface area (Å²) in [7, 11) is 0. The van der Waals surface area contributed by atoms with E-state index in [-0.39, 0.29) is 5.91 Å². The fourth-order valence-electron chi connectivity index (χ4n) is 2.96. The fourth-order valence-corrected chi connectivity index (χ4v) is 2.96. The van der Waals surface area contributed by atoms with Crippen molar-refractivity contribution in [1.82, 2.24) is 5.32 Å². The summed E-state index contributed by atoms with van der Waals surface area (Å²) in [4.78, 5) is 12.3. The smallest absolute Gasteiger partial charge is 0.251 e. The summed E-state index contributed by atoms with van der Waals surface area (Å²) >= 11 is 0. The SMILES string of the molecule is CC(O)(Cc1ccccc1)c1ccc(C(=O)NCc2ccccc2)cc1. The van der Waals surface area contributed by atoms with Crippen LogP contribution in [0.2, 0.25) is 0 Å². The molecule has 1 atom stereocenters. The average Bonchev–Trinajstić information content (AvgIpc) is 2.67. The summed E-state index contributed by atoms with van der Waals surface area (Å²) < 4.78 is 0. The van der Waals surface area contributed by atoms with E-state index in [0.717, 1.165) is 16.7 Å². The van der Waals surface area contributed by atoms with Gasteiger partial charge in [-0.05, 0) is 35.7 Å². The van der Waals surface area contributed by atoms with Crippen molar-refractivity contribution >= 4 is 5.91 Å². The minimum absolute atomic E-state index is 0.122. The number of benzene rings is 3. The lowest BCUT2D eigenvalue weighted by atomic mass is 9.88. The van der Waals surface area contributed by atoms with Crippen molar-refractivity contribution in [3.63, 3.8) is 0 Å². The first-order chi connectivity index (χ1) is 12.5. The number of hydrogen-bond acceptors (Lipinski definition) is 2. The molecule has 3 aromatic carbocycles. The molecule has 0 bridgehead atoms. The van der Waals surface area contributed by atoms with Gasteiger partial charge in [0, 0.05) is 18.5 Å². The van der Waals surface area contributed by atoms with Gasteiger partial charge in [0.15, 0.2) is 0 Å². The van der Waals surface area contributed by atoms with Gasteiger partial charge in [0.1, 0.15) is 0 Å². The normalized spacial score (nSPS) is 13.0. The number of carbonyl (C=O) groups excluding carboxylic acids is 1. The Hall–Kier alpha value is -2.91. The minimum atomic E-state index is -0.986. The van der Waals surface area contributed by atoms with E-state index in [1.807, 2.05) is 72.8 Å². The predicted molar refractivity (Wildman–Crippen MR) is 104 cm³/mol. The molecular weight excluding hydrogens is 322 g/mol. The van der Waals surface area contributed by atoms with Gasteiger partial charge in [0.05, 0.1) is 5.60 Å². The summed E-state index contributed by atoms with van der Waals surface area (Å²) in [5.74, 6) is -0.122. The van der Waals surface area contributed by atoms with E-state index in [1.165, 1.54) is 0 Å². The number of amides is 1. The summed E-state index contributed by atoms with van der Waals surface area (Å²) in [6.45, 7) is 2.29. The van der Waals surface area contributed by atoms with Gasteiger partial charge in [-0.25, -0.2) is 0 Å². The Morgan fingerprint density at radius 2 is 1.38 bits per heavy atom. The topological polar surface area (TPSA) is 49.3 Å². The van der Waals surface area contributed by atoms with Crippen LogP contribution in [0.5, 0.6) is 0 Å². The molecule has 3 rings (SSSR count). The highest BCUT2D eigenvalue weighted by atomic mass is 16.3. The van der Waals surface area contributed by atoms with Gasteiger partial charge >= 0.3 is 0 Å². The lowest BCUT2D eigenvalue weighted by Crippen LogP contribution is -2.25. The van der Waals surface area contributed by atoms with Crippen molar-refractivity contribution in [2.24, 2.45) is 0 Å². The summed E-state index contributed by atoms with van der Waals surface area (Å²) in [5.41, 5.74) is 2.52. The molecule has 0 aliphatic rings. The van der Waals surface area contributed by atoms with E-state index in [2.05, 4.69) is 5.32 Å². The highest BCUT2D eigenvalue weighted by Gasteiger charge is 2.23. The van der Waals surface area contributed by atoms with E-state index < -0.39 is 5.60 Å². The highest BCUT2D eigenvalue weighted by molar-refractivity contribution is 5.94. The van der Waals surface area contributed by atoms with Gasteiger partial charge in [0.2, 0.25) is 0 Å². The van der Waals surface area contributed by atoms with E-state index >= 15 is 0 Å². The first kappa shape index (κ1) is 17.9. The quantitative estimate of drug-likeness (QED) is 0.708.